The third kappa shape index (κ3) is 4.83. The average molecular weight is 294 g/mol. The largest absolute Gasteiger partial charge is 0.445 e. The number of primary amides is 1. The molecule has 0 radical (unpaired) electrons. The summed E-state index contributed by atoms with van der Waals surface area (Å²) < 4.78 is 4.70. The molecule has 3 N–H and O–H groups in total. The van der Waals surface area contributed by atoms with Crippen molar-refractivity contribution in [2.45, 2.75) is 12.6 Å². The van der Waals surface area contributed by atoms with Crippen LogP contribution in [0.4, 0.5) is 10.7 Å². The van der Waals surface area contributed by atoms with Crippen molar-refractivity contribution in [3.63, 3.8) is 0 Å². The van der Waals surface area contributed by atoms with Crippen LogP contribution in [0.5, 0.6) is 0 Å². The Morgan fingerprint density at radius 2 is 2.24 bits per heavy atom. The Kier molecular flexibility index (Phi) is 5.29. The highest BCUT2D eigenvalue weighted by molar-refractivity contribution is 5.64. The van der Waals surface area contributed by atoms with Crippen molar-refractivity contribution in [2.75, 3.05) is 45.2 Å². The number of aromatic nitrogens is 2. The number of carbonyl (C=O) groups is 1. The molecule has 1 aromatic rings. The lowest BCUT2D eigenvalue weighted by Gasteiger charge is -2.34. The van der Waals surface area contributed by atoms with Crippen LogP contribution in [0.3, 0.4) is 0 Å². The number of nitrogens with zero attached hydrogens (tertiary/aromatic N) is 4. The molecular formula is C13H22N6O2. The zero-order valence-corrected chi connectivity index (χ0v) is 12.5. The standard InChI is InChI=1S/C13H22N6O2/c1-18(2)7-11-8-19(4-3-15-11)13-16-5-10(6-17-13)9-21-12(14)20/h5-6,11,15H,3-4,7-9H2,1-2H3,(H2,14,20). The van der Waals surface area contributed by atoms with Gasteiger partial charge in [0.2, 0.25) is 5.95 Å². The van der Waals surface area contributed by atoms with Gasteiger partial charge in [-0.3, -0.25) is 0 Å². The normalized spacial score (nSPS) is 18.8. The number of likely N-dealkylation sites (N-methyl/N-ethyl adjacent to an activating group) is 1. The Hall–Kier alpha value is -1.93. The minimum absolute atomic E-state index is 0.0976. The fraction of sp³-hybridized carbons (Fsp3) is 0.615. The van der Waals surface area contributed by atoms with Crippen LogP contribution in [0.1, 0.15) is 5.56 Å². The van der Waals surface area contributed by atoms with E-state index in [2.05, 4.69) is 39.2 Å². The molecule has 1 aliphatic heterocycles. The minimum atomic E-state index is -0.798. The monoisotopic (exact) mass is 294 g/mol. The van der Waals surface area contributed by atoms with Crippen LogP contribution >= 0.6 is 0 Å². The maximum absolute atomic E-state index is 10.6. The van der Waals surface area contributed by atoms with Crippen molar-refractivity contribution in [3.05, 3.63) is 18.0 Å². The van der Waals surface area contributed by atoms with Gasteiger partial charge in [0.25, 0.3) is 0 Å². The van der Waals surface area contributed by atoms with Gasteiger partial charge < -0.3 is 25.6 Å². The molecule has 116 valence electrons. The molecule has 0 saturated carbocycles. The Balaban J connectivity index is 1.93. The lowest BCUT2D eigenvalue weighted by Crippen LogP contribution is -2.54. The number of hydrogen-bond donors (Lipinski definition) is 2. The fourth-order valence-electron chi connectivity index (χ4n) is 2.31. The first-order valence-electron chi connectivity index (χ1n) is 6.91. The number of ether oxygens (including phenoxy) is 1. The third-order valence-corrected chi connectivity index (χ3v) is 3.20. The highest BCUT2D eigenvalue weighted by atomic mass is 16.5. The van der Waals surface area contributed by atoms with Crippen LogP contribution in [0.2, 0.25) is 0 Å². The van der Waals surface area contributed by atoms with Crippen LogP contribution < -0.4 is 16.0 Å². The van der Waals surface area contributed by atoms with E-state index in [1.807, 2.05) is 0 Å². The van der Waals surface area contributed by atoms with Crippen molar-refractivity contribution in [1.29, 1.82) is 0 Å². The number of hydrogen-bond acceptors (Lipinski definition) is 7. The topological polar surface area (TPSA) is 96.6 Å². The Morgan fingerprint density at radius 3 is 2.86 bits per heavy atom. The number of rotatable bonds is 5. The van der Waals surface area contributed by atoms with E-state index >= 15 is 0 Å². The zero-order chi connectivity index (χ0) is 15.2. The van der Waals surface area contributed by atoms with Crippen LogP contribution in [0.15, 0.2) is 12.4 Å². The van der Waals surface area contributed by atoms with Gasteiger partial charge in [0.1, 0.15) is 6.61 Å². The van der Waals surface area contributed by atoms with E-state index in [0.29, 0.717) is 12.0 Å². The predicted octanol–water partition coefficient (Wildman–Crippen LogP) is -0.588. The van der Waals surface area contributed by atoms with Gasteiger partial charge in [-0.1, -0.05) is 0 Å². The molecule has 1 aliphatic rings. The van der Waals surface area contributed by atoms with E-state index < -0.39 is 6.09 Å². The minimum Gasteiger partial charge on any atom is -0.445 e. The molecule has 1 atom stereocenters. The number of nitrogens with two attached hydrogens (primary N) is 1. The summed E-state index contributed by atoms with van der Waals surface area (Å²) in [6, 6.07) is 0.398. The van der Waals surface area contributed by atoms with E-state index in [1.165, 1.54) is 0 Å². The van der Waals surface area contributed by atoms with Crippen LogP contribution in [0.25, 0.3) is 0 Å². The third-order valence-electron chi connectivity index (χ3n) is 3.20. The SMILES string of the molecule is CN(C)CC1CN(c2ncc(COC(N)=O)cn2)CCN1. The second-order valence-electron chi connectivity index (χ2n) is 5.36. The summed E-state index contributed by atoms with van der Waals surface area (Å²) in [6.07, 6.45) is 2.52. The molecule has 1 unspecified atom stereocenters. The van der Waals surface area contributed by atoms with Crippen molar-refractivity contribution in [1.82, 2.24) is 20.2 Å². The highest BCUT2D eigenvalue weighted by Gasteiger charge is 2.21. The summed E-state index contributed by atoms with van der Waals surface area (Å²) in [4.78, 5) is 23.5. The molecule has 0 aromatic carbocycles. The first-order valence-corrected chi connectivity index (χ1v) is 6.91. The first kappa shape index (κ1) is 15.5. The Bertz CT molecular complexity index is 464. The number of nitrogens with one attached hydrogen (secondary N) is 1. The molecule has 8 nitrogen and oxygen atoms in total. The van der Waals surface area contributed by atoms with Gasteiger partial charge >= 0.3 is 6.09 Å². The molecule has 0 spiro atoms. The predicted molar refractivity (Wildman–Crippen MR) is 79.0 cm³/mol. The quantitative estimate of drug-likeness (QED) is 0.749. The molecule has 1 aromatic heterocycles. The molecule has 2 heterocycles. The molecule has 0 aliphatic carbocycles. The number of carbonyl (C=O) groups excluding carboxylic acids is 1. The average Bonchev–Trinajstić information content (AvgIpc) is 2.45. The molecule has 2 rings (SSSR count). The van der Waals surface area contributed by atoms with Crippen LogP contribution in [-0.4, -0.2) is 67.3 Å². The van der Waals surface area contributed by atoms with E-state index in [4.69, 9.17) is 10.5 Å². The second kappa shape index (κ2) is 7.19. The van der Waals surface area contributed by atoms with Gasteiger partial charge in [0, 0.05) is 50.2 Å². The van der Waals surface area contributed by atoms with Crippen molar-refractivity contribution in [2.24, 2.45) is 5.73 Å². The molecule has 8 heteroatoms. The molecule has 21 heavy (non-hydrogen) atoms. The van der Waals surface area contributed by atoms with Gasteiger partial charge in [0.15, 0.2) is 0 Å². The van der Waals surface area contributed by atoms with E-state index in [9.17, 15) is 4.79 Å². The van der Waals surface area contributed by atoms with E-state index in [1.54, 1.807) is 12.4 Å². The maximum atomic E-state index is 10.6. The molecule has 1 saturated heterocycles. The van der Waals surface area contributed by atoms with Crippen LogP contribution in [0, 0.1) is 0 Å². The zero-order valence-electron chi connectivity index (χ0n) is 12.5. The summed E-state index contributed by atoms with van der Waals surface area (Å²) >= 11 is 0. The van der Waals surface area contributed by atoms with Crippen molar-refractivity contribution >= 4 is 12.0 Å². The smallest absolute Gasteiger partial charge is 0.404 e. The van der Waals surface area contributed by atoms with Crippen LogP contribution in [-0.2, 0) is 11.3 Å². The van der Waals surface area contributed by atoms with Crippen molar-refractivity contribution < 1.29 is 9.53 Å². The van der Waals surface area contributed by atoms with Gasteiger partial charge in [-0.05, 0) is 14.1 Å². The van der Waals surface area contributed by atoms with E-state index in [0.717, 1.165) is 31.7 Å². The molecule has 1 fully saturated rings. The fourth-order valence-corrected chi connectivity index (χ4v) is 2.31. The Labute approximate surface area is 124 Å². The van der Waals surface area contributed by atoms with Gasteiger partial charge in [-0.2, -0.15) is 0 Å². The lowest BCUT2D eigenvalue weighted by atomic mass is 10.2. The molecular weight excluding hydrogens is 272 g/mol. The summed E-state index contributed by atoms with van der Waals surface area (Å²) in [5.41, 5.74) is 5.64. The Morgan fingerprint density at radius 1 is 1.52 bits per heavy atom. The van der Waals surface area contributed by atoms with Gasteiger partial charge in [-0.15, -0.1) is 0 Å². The van der Waals surface area contributed by atoms with E-state index in [-0.39, 0.29) is 6.61 Å². The maximum Gasteiger partial charge on any atom is 0.404 e. The summed E-state index contributed by atoms with van der Waals surface area (Å²) in [7, 11) is 4.12. The number of piperazine rings is 1. The number of anilines is 1. The summed E-state index contributed by atoms with van der Waals surface area (Å²) in [5, 5.41) is 3.48. The van der Waals surface area contributed by atoms with Crippen molar-refractivity contribution in [3.8, 4) is 0 Å². The molecule has 0 bridgehead atoms. The summed E-state index contributed by atoms with van der Waals surface area (Å²) in [6.45, 7) is 3.73. The van der Waals surface area contributed by atoms with Gasteiger partial charge in [0.05, 0.1) is 0 Å². The molecule has 1 amide bonds. The van der Waals surface area contributed by atoms with Gasteiger partial charge in [-0.25, -0.2) is 14.8 Å². The highest BCUT2D eigenvalue weighted by Crippen LogP contribution is 2.11. The summed E-state index contributed by atoms with van der Waals surface area (Å²) in [5.74, 6) is 0.697. The first-order chi connectivity index (χ1) is 10.0. The number of amides is 1. The second-order valence-corrected chi connectivity index (χ2v) is 5.36. The lowest BCUT2D eigenvalue weighted by molar-refractivity contribution is 0.150.